The molecular formula is C15H24N2O2S. The van der Waals surface area contributed by atoms with Crippen LogP contribution < -0.4 is 5.32 Å². The molecule has 2 rings (SSSR count). The molecule has 0 amide bonds. The van der Waals surface area contributed by atoms with Gasteiger partial charge < -0.3 is 10.1 Å². The number of thiazole rings is 1. The number of anilines is 1. The molecule has 1 N–H and O–H groups in total. The van der Waals surface area contributed by atoms with Crippen LogP contribution in [0.2, 0.25) is 0 Å². The van der Waals surface area contributed by atoms with Gasteiger partial charge in [-0.15, -0.1) is 11.3 Å². The van der Waals surface area contributed by atoms with Gasteiger partial charge in [-0.25, -0.2) is 4.98 Å². The molecule has 112 valence electrons. The van der Waals surface area contributed by atoms with Gasteiger partial charge in [0.1, 0.15) is 0 Å². The molecule has 4 nitrogen and oxygen atoms in total. The zero-order valence-corrected chi connectivity index (χ0v) is 13.2. The number of nitrogens with zero attached hydrogens (tertiary/aromatic N) is 1. The van der Waals surface area contributed by atoms with Crippen LogP contribution in [-0.2, 0) is 16.0 Å². The molecule has 0 spiro atoms. The Morgan fingerprint density at radius 3 is 2.90 bits per heavy atom. The molecule has 0 aromatic carbocycles. The molecule has 0 radical (unpaired) electrons. The minimum absolute atomic E-state index is 0.177. The number of hydrogen-bond acceptors (Lipinski definition) is 5. The zero-order chi connectivity index (χ0) is 14.4. The number of nitrogens with one attached hydrogen (secondary N) is 1. The van der Waals surface area contributed by atoms with Gasteiger partial charge in [-0.3, -0.25) is 4.79 Å². The molecule has 0 aliphatic heterocycles. The number of esters is 1. The van der Waals surface area contributed by atoms with Crippen molar-refractivity contribution in [3.8, 4) is 0 Å². The summed E-state index contributed by atoms with van der Waals surface area (Å²) < 4.78 is 4.64. The van der Waals surface area contributed by atoms with Crippen LogP contribution in [0, 0.1) is 11.8 Å². The Kier molecular flexibility index (Phi) is 5.83. The number of methoxy groups -OCH3 is 1. The molecule has 1 aliphatic carbocycles. The number of aromatic nitrogens is 1. The fourth-order valence-corrected chi connectivity index (χ4v) is 3.35. The summed E-state index contributed by atoms with van der Waals surface area (Å²) in [5.41, 5.74) is 0.972. The van der Waals surface area contributed by atoms with E-state index in [4.69, 9.17) is 0 Å². The van der Waals surface area contributed by atoms with E-state index in [1.807, 2.05) is 5.38 Å². The van der Waals surface area contributed by atoms with E-state index in [2.05, 4.69) is 22.0 Å². The Bertz CT molecular complexity index is 425. The van der Waals surface area contributed by atoms with E-state index in [0.717, 1.165) is 29.2 Å². The van der Waals surface area contributed by atoms with Crippen molar-refractivity contribution < 1.29 is 9.53 Å². The number of carbonyl (C=O) groups excluding carboxylic acids is 1. The second kappa shape index (κ2) is 7.62. The van der Waals surface area contributed by atoms with Crippen molar-refractivity contribution in [2.24, 2.45) is 11.8 Å². The van der Waals surface area contributed by atoms with Gasteiger partial charge in [0.15, 0.2) is 5.13 Å². The van der Waals surface area contributed by atoms with Gasteiger partial charge in [0, 0.05) is 18.3 Å². The lowest BCUT2D eigenvalue weighted by Crippen LogP contribution is -2.20. The van der Waals surface area contributed by atoms with Gasteiger partial charge in [0.25, 0.3) is 0 Å². The van der Waals surface area contributed by atoms with E-state index in [1.165, 1.54) is 32.8 Å². The maximum absolute atomic E-state index is 11.1. The number of hydrogen-bond donors (Lipinski definition) is 1. The molecule has 1 saturated carbocycles. The molecule has 0 saturated heterocycles. The SMILES string of the molecule is COC(=O)CCc1csc(NCC2CCC(C)CC2)n1. The number of aryl methyl sites for hydroxylation is 1. The summed E-state index contributed by atoms with van der Waals surface area (Å²) in [6, 6.07) is 0. The monoisotopic (exact) mass is 296 g/mol. The smallest absolute Gasteiger partial charge is 0.305 e. The van der Waals surface area contributed by atoms with Crippen molar-refractivity contribution >= 4 is 22.4 Å². The van der Waals surface area contributed by atoms with Crippen LogP contribution in [0.4, 0.5) is 5.13 Å². The van der Waals surface area contributed by atoms with Crippen molar-refractivity contribution in [2.75, 3.05) is 19.0 Å². The fourth-order valence-electron chi connectivity index (χ4n) is 2.60. The highest BCUT2D eigenvalue weighted by atomic mass is 32.1. The first-order chi connectivity index (χ1) is 9.67. The van der Waals surface area contributed by atoms with Gasteiger partial charge in [-0.1, -0.05) is 19.8 Å². The third-order valence-corrected chi connectivity index (χ3v) is 4.89. The highest BCUT2D eigenvalue weighted by molar-refractivity contribution is 7.13. The lowest BCUT2D eigenvalue weighted by atomic mass is 9.83. The van der Waals surface area contributed by atoms with Crippen LogP contribution in [0.1, 0.15) is 44.7 Å². The molecule has 20 heavy (non-hydrogen) atoms. The summed E-state index contributed by atoms with van der Waals surface area (Å²) in [4.78, 5) is 15.6. The molecule has 1 heterocycles. The van der Waals surface area contributed by atoms with Crippen molar-refractivity contribution in [3.05, 3.63) is 11.1 Å². The quantitative estimate of drug-likeness (QED) is 0.816. The van der Waals surface area contributed by atoms with Crippen LogP contribution in [0.5, 0.6) is 0 Å². The van der Waals surface area contributed by atoms with Crippen molar-refractivity contribution in [1.29, 1.82) is 0 Å². The fraction of sp³-hybridized carbons (Fsp3) is 0.733. The maximum Gasteiger partial charge on any atom is 0.305 e. The highest BCUT2D eigenvalue weighted by Gasteiger charge is 2.18. The molecule has 1 fully saturated rings. The molecule has 0 atom stereocenters. The largest absolute Gasteiger partial charge is 0.469 e. The second-order valence-corrected chi connectivity index (χ2v) is 6.59. The third-order valence-electron chi connectivity index (χ3n) is 4.04. The predicted molar refractivity (Wildman–Crippen MR) is 82.1 cm³/mol. The molecule has 0 unspecified atom stereocenters. The lowest BCUT2D eigenvalue weighted by molar-refractivity contribution is -0.140. The van der Waals surface area contributed by atoms with Gasteiger partial charge in [0.05, 0.1) is 19.2 Å². The van der Waals surface area contributed by atoms with Crippen LogP contribution in [-0.4, -0.2) is 24.6 Å². The lowest BCUT2D eigenvalue weighted by Gasteiger charge is -2.26. The van der Waals surface area contributed by atoms with Crippen LogP contribution in [0.25, 0.3) is 0 Å². The van der Waals surface area contributed by atoms with Gasteiger partial charge >= 0.3 is 5.97 Å². The van der Waals surface area contributed by atoms with E-state index in [9.17, 15) is 4.79 Å². The van der Waals surface area contributed by atoms with Gasteiger partial charge in [-0.2, -0.15) is 0 Å². The van der Waals surface area contributed by atoms with E-state index >= 15 is 0 Å². The molecule has 0 bridgehead atoms. The topological polar surface area (TPSA) is 51.2 Å². The predicted octanol–water partition coefficient (Wildman–Crippen LogP) is 3.49. The minimum Gasteiger partial charge on any atom is -0.469 e. The normalized spacial score (nSPS) is 22.5. The van der Waals surface area contributed by atoms with E-state index in [0.29, 0.717) is 12.8 Å². The van der Waals surface area contributed by atoms with E-state index in [-0.39, 0.29) is 5.97 Å². The van der Waals surface area contributed by atoms with Crippen LogP contribution >= 0.6 is 11.3 Å². The summed E-state index contributed by atoms with van der Waals surface area (Å²) in [5, 5.41) is 6.44. The molecule has 1 aromatic rings. The Hall–Kier alpha value is -1.10. The number of ether oxygens (including phenoxy) is 1. The summed E-state index contributed by atoms with van der Waals surface area (Å²) >= 11 is 1.62. The number of carbonyl (C=O) groups is 1. The Labute approximate surface area is 124 Å². The Morgan fingerprint density at radius 1 is 1.45 bits per heavy atom. The first-order valence-corrected chi connectivity index (χ1v) is 8.30. The van der Waals surface area contributed by atoms with E-state index in [1.54, 1.807) is 11.3 Å². The number of rotatable bonds is 6. The average molecular weight is 296 g/mol. The standard InChI is InChI=1S/C15H24N2O2S/c1-11-3-5-12(6-4-11)9-16-15-17-13(10-20-15)7-8-14(18)19-2/h10-12H,3-9H2,1-2H3,(H,16,17). The van der Waals surface area contributed by atoms with Crippen LogP contribution in [0.3, 0.4) is 0 Å². The summed E-state index contributed by atoms with van der Waals surface area (Å²) in [5.74, 6) is 1.51. The first kappa shape index (κ1) is 15.3. The Balaban J connectivity index is 1.71. The molecule has 1 aromatic heterocycles. The summed E-state index contributed by atoms with van der Waals surface area (Å²) in [7, 11) is 1.42. The van der Waals surface area contributed by atoms with Crippen molar-refractivity contribution in [3.63, 3.8) is 0 Å². The van der Waals surface area contributed by atoms with Crippen LogP contribution in [0.15, 0.2) is 5.38 Å². The zero-order valence-electron chi connectivity index (χ0n) is 12.4. The summed E-state index contributed by atoms with van der Waals surface area (Å²) in [6.07, 6.45) is 6.43. The Morgan fingerprint density at radius 2 is 2.20 bits per heavy atom. The van der Waals surface area contributed by atoms with Gasteiger partial charge in [0.2, 0.25) is 0 Å². The third kappa shape index (κ3) is 4.78. The molecule has 5 heteroatoms. The van der Waals surface area contributed by atoms with Crippen molar-refractivity contribution in [1.82, 2.24) is 4.98 Å². The maximum atomic E-state index is 11.1. The van der Waals surface area contributed by atoms with E-state index < -0.39 is 0 Å². The minimum atomic E-state index is -0.177. The summed E-state index contributed by atoms with van der Waals surface area (Å²) in [6.45, 7) is 3.37. The molecule has 1 aliphatic rings. The highest BCUT2D eigenvalue weighted by Crippen LogP contribution is 2.28. The first-order valence-electron chi connectivity index (χ1n) is 7.42. The van der Waals surface area contributed by atoms with Crippen molar-refractivity contribution in [2.45, 2.75) is 45.4 Å². The molecular weight excluding hydrogens is 272 g/mol. The van der Waals surface area contributed by atoms with Gasteiger partial charge in [-0.05, 0) is 24.7 Å². The second-order valence-electron chi connectivity index (χ2n) is 5.73. The average Bonchev–Trinajstić information content (AvgIpc) is 2.92.